The molecular formula is C12H8N4O. The molecule has 0 aliphatic heterocycles. The lowest BCUT2D eigenvalue weighted by atomic mass is 10.1. The van der Waals surface area contributed by atoms with Gasteiger partial charge in [-0.3, -0.25) is 0 Å². The second kappa shape index (κ2) is 3.46. The van der Waals surface area contributed by atoms with Crippen LogP contribution in [0.25, 0.3) is 22.4 Å². The standard InChI is InChI=1S/C12H8N4O/c1-16-6-14-10(5-13)12(16)8-2-3-9-11(4-8)17-7-15-9/h2-4,6-7H,1H3. The first-order valence-corrected chi connectivity index (χ1v) is 5.04. The van der Waals surface area contributed by atoms with Gasteiger partial charge in [-0.05, 0) is 12.1 Å². The lowest BCUT2D eigenvalue weighted by Crippen LogP contribution is -1.91. The zero-order valence-electron chi connectivity index (χ0n) is 9.08. The maximum atomic E-state index is 9.00. The third-order valence-electron chi connectivity index (χ3n) is 2.65. The summed E-state index contributed by atoms with van der Waals surface area (Å²) in [7, 11) is 1.85. The van der Waals surface area contributed by atoms with Crippen molar-refractivity contribution in [3.05, 3.63) is 36.6 Å². The Morgan fingerprint density at radius 1 is 1.35 bits per heavy atom. The lowest BCUT2D eigenvalue weighted by molar-refractivity contribution is 0.602. The molecule has 0 spiro atoms. The van der Waals surface area contributed by atoms with Crippen molar-refractivity contribution >= 4 is 11.1 Å². The molecule has 0 saturated heterocycles. The largest absolute Gasteiger partial charge is 0.443 e. The molecule has 2 heterocycles. The van der Waals surface area contributed by atoms with Crippen LogP contribution >= 0.6 is 0 Å². The Hall–Kier alpha value is -2.61. The Morgan fingerprint density at radius 3 is 3.06 bits per heavy atom. The van der Waals surface area contributed by atoms with E-state index in [9.17, 15) is 0 Å². The van der Waals surface area contributed by atoms with E-state index in [2.05, 4.69) is 16.0 Å². The van der Waals surface area contributed by atoms with E-state index >= 15 is 0 Å². The van der Waals surface area contributed by atoms with Gasteiger partial charge < -0.3 is 8.98 Å². The number of fused-ring (bicyclic) bond motifs is 1. The predicted octanol–water partition coefficient (Wildman–Crippen LogP) is 2.10. The number of nitrogens with zero attached hydrogens (tertiary/aromatic N) is 4. The highest BCUT2D eigenvalue weighted by Crippen LogP contribution is 2.25. The van der Waals surface area contributed by atoms with Gasteiger partial charge in [0.1, 0.15) is 11.6 Å². The highest BCUT2D eigenvalue weighted by atomic mass is 16.3. The van der Waals surface area contributed by atoms with Gasteiger partial charge in [-0.25, -0.2) is 9.97 Å². The summed E-state index contributed by atoms with van der Waals surface area (Å²) in [6, 6.07) is 7.71. The van der Waals surface area contributed by atoms with E-state index in [1.807, 2.05) is 29.8 Å². The number of oxazole rings is 1. The summed E-state index contributed by atoms with van der Waals surface area (Å²) in [5.41, 5.74) is 3.59. The first kappa shape index (κ1) is 9.60. The molecule has 0 fully saturated rings. The van der Waals surface area contributed by atoms with Gasteiger partial charge in [0.15, 0.2) is 17.7 Å². The van der Waals surface area contributed by atoms with Crippen molar-refractivity contribution in [1.82, 2.24) is 14.5 Å². The Kier molecular flexibility index (Phi) is 1.95. The average Bonchev–Trinajstić information content (AvgIpc) is 2.93. The fourth-order valence-electron chi connectivity index (χ4n) is 1.85. The lowest BCUT2D eigenvalue weighted by Gasteiger charge is -2.02. The molecule has 17 heavy (non-hydrogen) atoms. The zero-order chi connectivity index (χ0) is 11.8. The summed E-state index contributed by atoms with van der Waals surface area (Å²) in [4.78, 5) is 8.09. The second-order valence-corrected chi connectivity index (χ2v) is 3.70. The van der Waals surface area contributed by atoms with Gasteiger partial charge in [-0.1, -0.05) is 6.07 Å². The van der Waals surface area contributed by atoms with Crippen molar-refractivity contribution in [2.24, 2.45) is 7.05 Å². The van der Waals surface area contributed by atoms with Crippen LogP contribution in [0.4, 0.5) is 0 Å². The van der Waals surface area contributed by atoms with Gasteiger partial charge in [0, 0.05) is 12.6 Å². The summed E-state index contributed by atoms with van der Waals surface area (Å²) in [6.07, 6.45) is 3.03. The Balaban J connectivity index is 2.26. The monoisotopic (exact) mass is 224 g/mol. The molecule has 0 radical (unpaired) electrons. The Bertz CT molecular complexity index is 732. The minimum atomic E-state index is 0.409. The number of rotatable bonds is 1. The summed E-state index contributed by atoms with van der Waals surface area (Å²) in [6.45, 7) is 0. The molecule has 0 saturated carbocycles. The van der Waals surface area contributed by atoms with Crippen LogP contribution in [0.15, 0.2) is 35.3 Å². The Morgan fingerprint density at radius 2 is 2.24 bits per heavy atom. The van der Waals surface area contributed by atoms with Gasteiger partial charge in [-0.2, -0.15) is 5.26 Å². The van der Waals surface area contributed by atoms with Crippen molar-refractivity contribution in [1.29, 1.82) is 5.26 Å². The number of benzene rings is 1. The van der Waals surface area contributed by atoms with Gasteiger partial charge >= 0.3 is 0 Å². The molecule has 3 rings (SSSR count). The molecule has 0 amide bonds. The quantitative estimate of drug-likeness (QED) is 0.634. The molecule has 5 heteroatoms. The molecule has 0 unspecified atom stereocenters. The third-order valence-corrected chi connectivity index (χ3v) is 2.65. The SMILES string of the molecule is Cn1cnc(C#N)c1-c1ccc2ncoc2c1. The molecule has 3 aromatic rings. The maximum absolute atomic E-state index is 9.00. The van der Waals surface area contributed by atoms with Gasteiger partial charge in [0.25, 0.3) is 0 Å². The highest BCUT2D eigenvalue weighted by molar-refractivity contribution is 5.80. The number of hydrogen-bond donors (Lipinski definition) is 0. The minimum Gasteiger partial charge on any atom is -0.443 e. The van der Waals surface area contributed by atoms with Crippen molar-refractivity contribution in [2.45, 2.75) is 0 Å². The average molecular weight is 224 g/mol. The number of hydrogen-bond acceptors (Lipinski definition) is 4. The van der Waals surface area contributed by atoms with Crippen molar-refractivity contribution in [2.75, 3.05) is 0 Å². The molecule has 0 atom stereocenters. The van der Waals surface area contributed by atoms with Gasteiger partial charge in [0.05, 0.1) is 12.0 Å². The zero-order valence-corrected chi connectivity index (χ0v) is 9.08. The first-order chi connectivity index (χ1) is 8.29. The van der Waals surface area contributed by atoms with E-state index in [1.54, 1.807) is 6.33 Å². The number of imidazole rings is 1. The van der Waals surface area contributed by atoms with E-state index in [-0.39, 0.29) is 0 Å². The van der Waals surface area contributed by atoms with Crippen LogP contribution in [0.1, 0.15) is 5.69 Å². The van der Waals surface area contributed by atoms with Crippen molar-refractivity contribution in [3.63, 3.8) is 0 Å². The molecule has 0 aliphatic carbocycles. The topological polar surface area (TPSA) is 67.6 Å². The van der Waals surface area contributed by atoms with Crippen molar-refractivity contribution in [3.8, 4) is 17.3 Å². The van der Waals surface area contributed by atoms with Crippen LogP contribution in [0.2, 0.25) is 0 Å². The Labute approximate surface area is 96.9 Å². The molecule has 0 N–H and O–H groups in total. The van der Waals surface area contributed by atoms with Crippen LogP contribution < -0.4 is 0 Å². The molecule has 0 bridgehead atoms. The van der Waals surface area contributed by atoms with Crippen LogP contribution in [0.3, 0.4) is 0 Å². The summed E-state index contributed by atoms with van der Waals surface area (Å²) >= 11 is 0. The minimum absolute atomic E-state index is 0.409. The third kappa shape index (κ3) is 1.39. The molecular weight excluding hydrogens is 216 g/mol. The maximum Gasteiger partial charge on any atom is 0.181 e. The van der Waals surface area contributed by atoms with Crippen molar-refractivity contribution < 1.29 is 4.42 Å². The van der Waals surface area contributed by atoms with Crippen LogP contribution in [0.5, 0.6) is 0 Å². The molecule has 0 aliphatic rings. The molecule has 82 valence electrons. The van der Waals surface area contributed by atoms with Gasteiger partial charge in [0.2, 0.25) is 0 Å². The van der Waals surface area contributed by atoms with E-state index < -0.39 is 0 Å². The van der Waals surface area contributed by atoms with E-state index in [0.29, 0.717) is 11.3 Å². The van der Waals surface area contributed by atoms with E-state index in [4.69, 9.17) is 9.68 Å². The smallest absolute Gasteiger partial charge is 0.181 e. The summed E-state index contributed by atoms with van der Waals surface area (Å²) in [5, 5.41) is 9.00. The fraction of sp³-hybridized carbons (Fsp3) is 0.0833. The number of aromatic nitrogens is 3. The van der Waals surface area contributed by atoms with Crippen LogP contribution in [0, 0.1) is 11.3 Å². The number of nitriles is 1. The highest BCUT2D eigenvalue weighted by Gasteiger charge is 2.12. The second-order valence-electron chi connectivity index (χ2n) is 3.70. The van der Waals surface area contributed by atoms with Crippen LogP contribution in [-0.2, 0) is 7.05 Å². The first-order valence-electron chi connectivity index (χ1n) is 5.04. The summed E-state index contributed by atoms with van der Waals surface area (Å²) in [5.74, 6) is 0. The summed E-state index contributed by atoms with van der Waals surface area (Å²) < 4.78 is 7.06. The van der Waals surface area contributed by atoms with Gasteiger partial charge in [-0.15, -0.1) is 0 Å². The van der Waals surface area contributed by atoms with E-state index in [0.717, 1.165) is 16.8 Å². The fourth-order valence-corrected chi connectivity index (χ4v) is 1.85. The normalized spacial score (nSPS) is 10.6. The van der Waals surface area contributed by atoms with E-state index in [1.165, 1.54) is 6.39 Å². The molecule has 2 aromatic heterocycles. The van der Waals surface area contributed by atoms with Crippen LogP contribution in [-0.4, -0.2) is 14.5 Å². The molecule has 1 aromatic carbocycles. The predicted molar refractivity (Wildman–Crippen MR) is 60.9 cm³/mol. The molecule has 5 nitrogen and oxygen atoms in total. The number of aryl methyl sites for hydroxylation is 1.